The maximum atomic E-state index is 12.7. The lowest BCUT2D eigenvalue weighted by Crippen LogP contribution is -2.45. The summed E-state index contributed by atoms with van der Waals surface area (Å²) >= 11 is 0. The van der Waals surface area contributed by atoms with Gasteiger partial charge in [0.15, 0.2) is 0 Å². The van der Waals surface area contributed by atoms with Gasteiger partial charge in [-0.05, 0) is 29.7 Å². The highest BCUT2D eigenvalue weighted by atomic mass is 32.2. The Labute approximate surface area is 147 Å². The van der Waals surface area contributed by atoms with Gasteiger partial charge in [0.25, 0.3) is 0 Å². The van der Waals surface area contributed by atoms with Crippen LogP contribution in [-0.4, -0.2) is 45.7 Å². The fraction of sp³-hybridized carbons (Fsp3) is 0.500. The van der Waals surface area contributed by atoms with Crippen LogP contribution in [0.1, 0.15) is 25.8 Å². The second-order valence-electron chi connectivity index (χ2n) is 5.55. The number of carbonyl (C=O) groups is 2. The zero-order valence-electron chi connectivity index (χ0n) is 14.6. The van der Waals surface area contributed by atoms with Crippen LogP contribution in [0.25, 0.3) is 0 Å². The molecule has 0 fully saturated rings. The number of hydrogen-bond acceptors (Lipinski definition) is 6. The van der Waals surface area contributed by atoms with Gasteiger partial charge in [-0.1, -0.05) is 20.3 Å². The number of carbonyl (C=O) groups excluding carboxylic acids is 1. The van der Waals surface area contributed by atoms with E-state index in [2.05, 4.69) is 9.46 Å². The number of ether oxygens (including phenoxy) is 2. The Bertz CT molecular complexity index is 730. The van der Waals surface area contributed by atoms with E-state index in [0.29, 0.717) is 12.2 Å². The summed E-state index contributed by atoms with van der Waals surface area (Å²) in [5.41, 5.74) is 0.159. The van der Waals surface area contributed by atoms with Crippen molar-refractivity contribution in [1.29, 1.82) is 0 Å². The van der Waals surface area contributed by atoms with Crippen LogP contribution in [0.15, 0.2) is 23.1 Å². The molecule has 2 N–H and O–H groups in total. The molecular weight excluding hydrogens is 350 g/mol. The second kappa shape index (κ2) is 8.82. The minimum atomic E-state index is -4.16. The van der Waals surface area contributed by atoms with Crippen LogP contribution >= 0.6 is 0 Å². The van der Waals surface area contributed by atoms with E-state index in [9.17, 15) is 23.1 Å². The van der Waals surface area contributed by atoms with Crippen molar-refractivity contribution in [3.05, 3.63) is 23.8 Å². The van der Waals surface area contributed by atoms with Crippen molar-refractivity contribution < 1.29 is 32.6 Å². The molecule has 0 bridgehead atoms. The summed E-state index contributed by atoms with van der Waals surface area (Å²) in [6, 6.07) is 2.83. The number of nitrogens with one attached hydrogen (secondary N) is 1. The molecule has 0 aliphatic rings. The Morgan fingerprint density at radius 1 is 1.28 bits per heavy atom. The maximum absolute atomic E-state index is 12.7. The average molecular weight is 373 g/mol. The SMILES string of the molecule is CC[C@H](C)[C@H](NS(=O)(=O)c1ccc(OC)cc1CC(=O)OC)C(=O)O. The molecule has 0 amide bonds. The molecular formula is C16H23NO7S. The third-order valence-corrected chi connectivity index (χ3v) is 5.42. The van der Waals surface area contributed by atoms with Crippen molar-refractivity contribution in [2.24, 2.45) is 5.92 Å². The molecule has 0 aliphatic carbocycles. The predicted molar refractivity (Wildman–Crippen MR) is 89.9 cm³/mol. The lowest BCUT2D eigenvalue weighted by molar-refractivity contribution is -0.141. The molecule has 1 aromatic rings. The molecule has 0 unspecified atom stereocenters. The summed E-state index contributed by atoms with van der Waals surface area (Å²) in [6.07, 6.45) is 0.197. The van der Waals surface area contributed by atoms with Crippen molar-refractivity contribution in [3.8, 4) is 5.75 Å². The van der Waals surface area contributed by atoms with Crippen molar-refractivity contribution in [2.45, 2.75) is 37.6 Å². The monoisotopic (exact) mass is 373 g/mol. The Morgan fingerprint density at radius 2 is 1.92 bits per heavy atom. The third-order valence-electron chi connectivity index (χ3n) is 3.88. The van der Waals surface area contributed by atoms with Gasteiger partial charge in [0, 0.05) is 0 Å². The van der Waals surface area contributed by atoms with Crippen LogP contribution in [0, 0.1) is 5.92 Å². The summed E-state index contributed by atoms with van der Waals surface area (Å²) in [7, 11) is -1.56. The number of aliphatic carboxylic acids is 1. The highest BCUT2D eigenvalue weighted by Crippen LogP contribution is 2.24. The molecule has 140 valence electrons. The number of carboxylic acids is 1. The van der Waals surface area contributed by atoms with Crippen LogP contribution in [0.5, 0.6) is 5.75 Å². The highest BCUT2D eigenvalue weighted by molar-refractivity contribution is 7.89. The fourth-order valence-corrected chi connectivity index (χ4v) is 3.70. The number of carboxylic acid groups (broad SMARTS) is 1. The van der Waals surface area contributed by atoms with Gasteiger partial charge in [0.1, 0.15) is 11.8 Å². The van der Waals surface area contributed by atoms with Gasteiger partial charge in [-0.15, -0.1) is 0 Å². The predicted octanol–water partition coefficient (Wildman–Crippen LogP) is 1.19. The summed E-state index contributed by atoms with van der Waals surface area (Å²) in [4.78, 5) is 22.8. The molecule has 0 aliphatic heterocycles. The molecule has 0 radical (unpaired) electrons. The molecule has 0 aromatic heterocycles. The van der Waals surface area contributed by atoms with Crippen LogP contribution in [0.3, 0.4) is 0 Å². The van der Waals surface area contributed by atoms with Crippen molar-refractivity contribution in [2.75, 3.05) is 14.2 Å². The number of hydrogen-bond donors (Lipinski definition) is 2. The van der Waals surface area contributed by atoms with Crippen LogP contribution in [-0.2, 0) is 30.8 Å². The molecule has 8 nitrogen and oxygen atoms in total. The fourth-order valence-electron chi connectivity index (χ4n) is 2.19. The quantitative estimate of drug-likeness (QED) is 0.624. The standard InChI is InChI=1S/C16H23NO7S/c1-5-10(2)15(16(19)20)17-25(21,22)13-7-6-12(23-3)8-11(13)9-14(18)24-4/h6-8,10,15,17H,5,9H2,1-4H3,(H,19,20)/t10-,15-/m0/s1. The van der Waals surface area contributed by atoms with E-state index in [-0.39, 0.29) is 16.9 Å². The summed E-state index contributed by atoms with van der Waals surface area (Å²) in [5.74, 6) is -1.92. The van der Waals surface area contributed by atoms with E-state index in [1.165, 1.54) is 32.4 Å². The topological polar surface area (TPSA) is 119 Å². The molecule has 0 saturated heterocycles. The van der Waals surface area contributed by atoms with E-state index >= 15 is 0 Å². The Hall–Kier alpha value is -2.13. The van der Waals surface area contributed by atoms with Gasteiger partial charge in [-0.2, -0.15) is 4.72 Å². The van der Waals surface area contributed by atoms with E-state index in [0.717, 1.165) is 0 Å². The Kier molecular flexibility index (Phi) is 7.38. The average Bonchev–Trinajstić information content (AvgIpc) is 2.58. The maximum Gasteiger partial charge on any atom is 0.322 e. The van der Waals surface area contributed by atoms with Crippen LogP contribution in [0.4, 0.5) is 0 Å². The van der Waals surface area contributed by atoms with Crippen molar-refractivity contribution in [3.63, 3.8) is 0 Å². The minimum Gasteiger partial charge on any atom is -0.497 e. The smallest absolute Gasteiger partial charge is 0.322 e. The number of sulfonamides is 1. The zero-order valence-corrected chi connectivity index (χ0v) is 15.4. The number of methoxy groups -OCH3 is 2. The second-order valence-corrected chi connectivity index (χ2v) is 7.23. The van der Waals surface area contributed by atoms with Crippen molar-refractivity contribution >= 4 is 22.0 Å². The first kappa shape index (κ1) is 20.9. The largest absolute Gasteiger partial charge is 0.497 e. The third kappa shape index (κ3) is 5.43. The van der Waals surface area contributed by atoms with Gasteiger partial charge < -0.3 is 14.6 Å². The Balaban J connectivity index is 3.31. The lowest BCUT2D eigenvalue weighted by atomic mass is 10.0. The highest BCUT2D eigenvalue weighted by Gasteiger charge is 2.31. The number of esters is 1. The van der Waals surface area contributed by atoms with E-state index in [1.54, 1.807) is 13.8 Å². The molecule has 0 spiro atoms. The molecule has 9 heteroatoms. The zero-order chi connectivity index (χ0) is 19.2. The molecule has 1 rings (SSSR count). The molecule has 2 atom stereocenters. The first-order valence-corrected chi connectivity index (χ1v) is 9.13. The lowest BCUT2D eigenvalue weighted by Gasteiger charge is -2.21. The number of rotatable bonds is 9. The van der Waals surface area contributed by atoms with Gasteiger partial charge in [-0.25, -0.2) is 8.42 Å². The van der Waals surface area contributed by atoms with Gasteiger partial charge in [0.05, 0.1) is 25.5 Å². The summed E-state index contributed by atoms with van der Waals surface area (Å²) < 4.78 is 37.2. The van der Waals surface area contributed by atoms with Crippen LogP contribution < -0.4 is 9.46 Å². The summed E-state index contributed by atoms with van der Waals surface area (Å²) in [6.45, 7) is 3.41. The van der Waals surface area contributed by atoms with Gasteiger partial charge in [-0.3, -0.25) is 9.59 Å². The molecule has 25 heavy (non-hydrogen) atoms. The first-order valence-electron chi connectivity index (χ1n) is 7.65. The molecule has 0 saturated carbocycles. The summed E-state index contributed by atoms with van der Waals surface area (Å²) in [5, 5.41) is 9.30. The van der Waals surface area contributed by atoms with E-state index in [4.69, 9.17) is 4.74 Å². The van der Waals surface area contributed by atoms with Gasteiger partial charge >= 0.3 is 11.9 Å². The van der Waals surface area contributed by atoms with Crippen LogP contribution in [0.2, 0.25) is 0 Å². The van der Waals surface area contributed by atoms with E-state index in [1.807, 2.05) is 0 Å². The Morgan fingerprint density at radius 3 is 2.40 bits per heavy atom. The molecule has 1 aromatic carbocycles. The molecule has 0 heterocycles. The minimum absolute atomic E-state index is 0.159. The number of benzene rings is 1. The van der Waals surface area contributed by atoms with E-state index < -0.39 is 33.9 Å². The normalized spacial score (nSPS) is 13.8. The van der Waals surface area contributed by atoms with Gasteiger partial charge in [0.2, 0.25) is 10.0 Å². The first-order chi connectivity index (χ1) is 11.7. The van der Waals surface area contributed by atoms with Crippen molar-refractivity contribution in [1.82, 2.24) is 4.72 Å².